The summed E-state index contributed by atoms with van der Waals surface area (Å²) >= 11 is 0. The Kier molecular flexibility index (Phi) is 4.41. The molecule has 0 aliphatic carbocycles. The van der Waals surface area contributed by atoms with Crippen LogP contribution in [-0.4, -0.2) is 29.1 Å². The summed E-state index contributed by atoms with van der Waals surface area (Å²) in [5.41, 5.74) is 1.51. The molecule has 0 spiro atoms. The number of fused-ring (bicyclic) bond motifs is 1. The minimum atomic E-state index is -0.287. The van der Waals surface area contributed by atoms with Crippen molar-refractivity contribution in [2.75, 3.05) is 13.2 Å². The molecule has 0 bridgehead atoms. The van der Waals surface area contributed by atoms with E-state index in [1.807, 2.05) is 0 Å². The molecule has 2 rings (SSSR count). The van der Waals surface area contributed by atoms with E-state index in [0.717, 1.165) is 16.6 Å². The molecule has 1 heterocycles. The lowest BCUT2D eigenvalue weighted by atomic mass is 10.1. The molecule has 19 heavy (non-hydrogen) atoms. The van der Waals surface area contributed by atoms with Gasteiger partial charge in [-0.05, 0) is 30.7 Å². The first-order valence-corrected chi connectivity index (χ1v) is 6.12. The highest BCUT2D eigenvalue weighted by atomic mass is 19.1. The first kappa shape index (κ1) is 13.4. The molecule has 0 saturated carbocycles. The van der Waals surface area contributed by atoms with Crippen molar-refractivity contribution < 1.29 is 14.3 Å². The molecule has 0 aliphatic rings. The van der Waals surface area contributed by atoms with E-state index in [1.54, 1.807) is 18.2 Å². The summed E-state index contributed by atoms with van der Waals surface area (Å²) in [4.78, 5) is 15.8. The standard InChI is InChI=1S/C14H15FN2O2/c15-11-2-5-13-10(9-11)1-3-12(17-13)4-6-14(19)16-7-8-18/h1-3,5,9,18H,4,6-8H2,(H,16,19). The van der Waals surface area contributed by atoms with Gasteiger partial charge < -0.3 is 10.4 Å². The van der Waals surface area contributed by atoms with Gasteiger partial charge in [0.15, 0.2) is 0 Å². The van der Waals surface area contributed by atoms with Gasteiger partial charge in [0, 0.05) is 24.0 Å². The van der Waals surface area contributed by atoms with Crippen LogP contribution in [0.15, 0.2) is 30.3 Å². The Labute approximate surface area is 110 Å². The molecule has 2 N–H and O–H groups in total. The molecule has 0 fully saturated rings. The highest BCUT2D eigenvalue weighted by molar-refractivity contribution is 5.79. The molecule has 0 unspecified atom stereocenters. The third-order valence-corrected chi connectivity index (χ3v) is 2.75. The zero-order valence-electron chi connectivity index (χ0n) is 10.4. The average Bonchev–Trinajstić information content (AvgIpc) is 2.42. The Morgan fingerprint density at radius 2 is 2.16 bits per heavy atom. The molecule has 0 aliphatic heterocycles. The van der Waals surface area contributed by atoms with Gasteiger partial charge in [0.05, 0.1) is 12.1 Å². The van der Waals surface area contributed by atoms with Crippen molar-refractivity contribution in [2.24, 2.45) is 0 Å². The summed E-state index contributed by atoms with van der Waals surface area (Å²) in [5.74, 6) is -0.402. The van der Waals surface area contributed by atoms with Crippen molar-refractivity contribution in [3.8, 4) is 0 Å². The molecule has 2 aromatic rings. The van der Waals surface area contributed by atoms with Crippen LogP contribution in [0, 0.1) is 5.82 Å². The van der Waals surface area contributed by atoms with Crippen molar-refractivity contribution in [3.63, 3.8) is 0 Å². The van der Waals surface area contributed by atoms with Crippen LogP contribution in [0.25, 0.3) is 10.9 Å². The molecular weight excluding hydrogens is 247 g/mol. The highest BCUT2D eigenvalue weighted by Gasteiger charge is 2.04. The number of nitrogens with one attached hydrogen (secondary N) is 1. The maximum absolute atomic E-state index is 13.0. The lowest BCUT2D eigenvalue weighted by molar-refractivity contribution is -0.121. The number of rotatable bonds is 5. The van der Waals surface area contributed by atoms with Gasteiger partial charge in [-0.3, -0.25) is 9.78 Å². The maximum Gasteiger partial charge on any atom is 0.220 e. The van der Waals surface area contributed by atoms with Gasteiger partial charge in [-0.25, -0.2) is 4.39 Å². The van der Waals surface area contributed by atoms with Gasteiger partial charge >= 0.3 is 0 Å². The molecule has 1 aromatic carbocycles. The SMILES string of the molecule is O=C(CCc1ccc2cc(F)ccc2n1)NCCO. The number of hydrogen-bond donors (Lipinski definition) is 2. The van der Waals surface area contributed by atoms with Gasteiger partial charge in [0.25, 0.3) is 0 Å². The van der Waals surface area contributed by atoms with Gasteiger partial charge in [-0.15, -0.1) is 0 Å². The van der Waals surface area contributed by atoms with Gasteiger partial charge in [-0.2, -0.15) is 0 Å². The van der Waals surface area contributed by atoms with Crippen LogP contribution in [0.2, 0.25) is 0 Å². The Balaban J connectivity index is 2.01. The molecule has 0 radical (unpaired) electrons. The van der Waals surface area contributed by atoms with Crippen LogP contribution in [0.1, 0.15) is 12.1 Å². The summed E-state index contributed by atoms with van der Waals surface area (Å²) in [5, 5.41) is 11.9. The molecule has 5 heteroatoms. The smallest absolute Gasteiger partial charge is 0.220 e. The second kappa shape index (κ2) is 6.24. The van der Waals surface area contributed by atoms with Crippen LogP contribution < -0.4 is 5.32 Å². The van der Waals surface area contributed by atoms with Crippen molar-refractivity contribution in [1.82, 2.24) is 10.3 Å². The van der Waals surface area contributed by atoms with E-state index in [2.05, 4.69) is 10.3 Å². The maximum atomic E-state index is 13.0. The number of aryl methyl sites for hydroxylation is 1. The first-order valence-electron chi connectivity index (χ1n) is 6.12. The second-order valence-corrected chi connectivity index (χ2v) is 4.21. The van der Waals surface area contributed by atoms with Crippen LogP contribution in [-0.2, 0) is 11.2 Å². The minimum absolute atomic E-state index is 0.0640. The van der Waals surface area contributed by atoms with Crippen LogP contribution in [0.5, 0.6) is 0 Å². The van der Waals surface area contributed by atoms with Crippen LogP contribution in [0.3, 0.4) is 0 Å². The Morgan fingerprint density at radius 3 is 2.95 bits per heavy atom. The summed E-state index contributed by atoms with van der Waals surface area (Å²) < 4.78 is 13.0. The minimum Gasteiger partial charge on any atom is -0.395 e. The largest absolute Gasteiger partial charge is 0.395 e. The molecule has 0 saturated heterocycles. The lowest BCUT2D eigenvalue weighted by Crippen LogP contribution is -2.26. The van der Waals surface area contributed by atoms with E-state index in [0.29, 0.717) is 12.8 Å². The Bertz CT molecular complexity index is 587. The number of aliphatic hydroxyl groups excluding tert-OH is 1. The normalized spacial score (nSPS) is 10.6. The summed E-state index contributed by atoms with van der Waals surface area (Å²) in [6, 6.07) is 8.01. The number of halogens is 1. The zero-order chi connectivity index (χ0) is 13.7. The van der Waals surface area contributed by atoms with E-state index >= 15 is 0 Å². The number of aromatic nitrogens is 1. The quantitative estimate of drug-likeness (QED) is 0.856. The predicted octanol–water partition coefficient (Wildman–Crippen LogP) is 1.41. The van der Waals surface area contributed by atoms with E-state index in [-0.39, 0.29) is 24.9 Å². The first-order chi connectivity index (χ1) is 9.19. The van der Waals surface area contributed by atoms with Crippen molar-refractivity contribution in [3.05, 3.63) is 41.8 Å². The number of aliphatic hydroxyl groups is 1. The fraction of sp³-hybridized carbons (Fsp3) is 0.286. The number of nitrogens with zero attached hydrogens (tertiary/aromatic N) is 1. The van der Waals surface area contributed by atoms with E-state index < -0.39 is 0 Å². The molecule has 1 aromatic heterocycles. The average molecular weight is 262 g/mol. The Morgan fingerprint density at radius 1 is 1.32 bits per heavy atom. The van der Waals surface area contributed by atoms with Gasteiger partial charge in [0.2, 0.25) is 5.91 Å². The summed E-state index contributed by atoms with van der Waals surface area (Å²) in [6.45, 7) is 0.203. The van der Waals surface area contributed by atoms with Crippen LogP contribution in [0.4, 0.5) is 4.39 Å². The van der Waals surface area contributed by atoms with E-state index in [1.165, 1.54) is 12.1 Å². The number of pyridine rings is 1. The van der Waals surface area contributed by atoms with E-state index in [9.17, 15) is 9.18 Å². The van der Waals surface area contributed by atoms with Gasteiger partial charge in [0.1, 0.15) is 5.82 Å². The van der Waals surface area contributed by atoms with E-state index in [4.69, 9.17) is 5.11 Å². The summed E-state index contributed by atoms with van der Waals surface area (Å²) in [7, 11) is 0. The Hall–Kier alpha value is -2.01. The monoisotopic (exact) mass is 262 g/mol. The van der Waals surface area contributed by atoms with Crippen molar-refractivity contribution >= 4 is 16.8 Å². The number of hydrogen-bond acceptors (Lipinski definition) is 3. The highest BCUT2D eigenvalue weighted by Crippen LogP contribution is 2.14. The van der Waals surface area contributed by atoms with Crippen LogP contribution >= 0.6 is 0 Å². The van der Waals surface area contributed by atoms with Crippen molar-refractivity contribution in [1.29, 1.82) is 0 Å². The van der Waals surface area contributed by atoms with Gasteiger partial charge in [-0.1, -0.05) is 6.07 Å². The molecule has 1 amide bonds. The van der Waals surface area contributed by atoms with Crippen molar-refractivity contribution in [2.45, 2.75) is 12.8 Å². The number of amides is 1. The fourth-order valence-corrected chi connectivity index (χ4v) is 1.80. The third-order valence-electron chi connectivity index (χ3n) is 2.75. The predicted molar refractivity (Wildman–Crippen MR) is 70.1 cm³/mol. The molecular formula is C14H15FN2O2. The number of benzene rings is 1. The summed E-state index contributed by atoms with van der Waals surface area (Å²) in [6.07, 6.45) is 0.838. The third kappa shape index (κ3) is 3.72. The molecule has 4 nitrogen and oxygen atoms in total. The molecule has 0 atom stereocenters. The number of carbonyl (C=O) groups is 1. The topological polar surface area (TPSA) is 62.2 Å². The second-order valence-electron chi connectivity index (χ2n) is 4.21. The zero-order valence-corrected chi connectivity index (χ0v) is 10.4. The fourth-order valence-electron chi connectivity index (χ4n) is 1.80. The molecule has 100 valence electrons. The number of carbonyl (C=O) groups excluding carboxylic acids is 1. The lowest BCUT2D eigenvalue weighted by Gasteiger charge is -2.04.